The van der Waals surface area contributed by atoms with Gasteiger partial charge in [0.25, 0.3) is 5.91 Å². The van der Waals surface area contributed by atoms with E-state index in [0.29, 0.717) is 18.0 Å². The first-order valence-corrected chi connectivity index (χ1v) is 12.9. The Kier molecular flexibility index (Phi) is 7.42. The second kappa shape index (κ2) is 9.72. The second-order valence-corrected chi connectivity index (χ2v) is 11.2. The number of hydrogen-bond donors (Lipinski definition) is 3. The highest BCUT2D eigenvalue weighted by Crippen LogP contribution is 2.34. The number of primary amides is 1. The average molecular weight is 481 g/mol. The summed E-state index contributed by atoms with van der Waals surface area (Å²) in [4.78, 5) is 20.5. The lowest BCUT2D eigenvalue weighted by molar-refractivity contribution is 0.00673. The van der Waals surface area contributed by atoms with E-state index in [1.165, 1.54) is 12.1 Å². The van der Waals surface area contributed by atoms with Crippen molar-refractivity contribution in [3.63, 3.8) is 0 Å². The van der Waals surface area contributed by atoms with Crippen LogP contribution in [-0.4, -0.2) is 41.3 Å². The van der Waals surface area contributed by atoms with Gasteiger partial charge in [-0.2, -0.15) is 0 Å². The van der Waals surface area contributed by atoms with Crippen LogP contribution < -0.4 is 11.1 Å². The number of aromatic nitrogens is 2. The van der Waals surface area contributed by atoms with Crippen LogP contribution in [0.5, 0.6) is 0 Å². The third-order valence-corrected chi connectivity index (χ3v) is 7.46. The van der Waals surface area contributed by atoms with E-state index in [-0.39, 0.29) is 21.4 Å². The third kappa shape index (κ3) is 6.40. The van der Waals surface area contributed by atoms with Crippen LogP contribution in [0.2, 0.25) is 5.02 Å². The predicted octanol–water partition coefficient (Wildman–Crippen LogP) is 3.64. The van der Waals surface area contributed by atoms with E-state index in [2.05, 4.69) is 15.3 Å². The van der Waals surface area contributed by atoms with Gasteiger partial charge in [0, 0.05) is 18.1 Å². The number of aliphatic hydroxyl groups is 1. The molecule has 1 aromatic heterocycles. The molecule has 1 amide bonds. The Bertz CT molecular complexity index is 1100. The zero-order chi connectivity index (χ0) is 23.5. The molecule has 0 bridgehead atoms. The summed E-state index contributed by atoms with van der Waals surface area (Å²) in [5.74, 6) is 0.0766. The number of benzene rings is 1. The van der Waals surface area contributed by atoms with Gasteiger partial charge in [-0.1, -0.05) is 18.0 Å². The predicted molar refractivity (Wildman–Crippen MR) is 124 cm³/mol. The molecule has 3 rings (SSSR count). The maximum Gasteiger partial charge on any atom is 0.271 e. The van der Waals surface area contributed by atoms with Gasteiger partial charge in [0.2, 0.25) is 0 Å². The molecule has 0 spiro atoms. The molecule has 10 heteroatoms. The summed E-state index contributed by atoms with van der Waals surface area (Å²) in [5, 5.41) is 13.1. The van der Waals surface area contributed by atoms with Crippen LogP contribution in [0.15, 0.2) is 29.3 Å². The van der Waals surface area contributed by atoms with E-state index in [0.717, 1.165) is 50.5 Å². The lowest BCUT2D eigenvalue weighted by Crippen LogP contribution is -2.30. The average Bonchev–Trinajstić information content (AvgIpc) is 2.68. The van der Waals surface area contributed by atoms with Crippen molar-refractivity contribution in [2.75, 3.05) is 11.6 Å². The Morgan fingerprint density at radius 3 is 2.62 bits per heavy atom. The van der Waals surface area contributed by atoms with Gasteiger partial charge in [0.05, 0.1) is 21.2 Å². The number of nitrogens with zero attached hydrogens (tertiary/aromatic N) is 2. The van der Waals surface area contributed by atoms with Gasteiger partial charge in [-0.3, -0.25) is 4.79 Å². The van der Waals surface area contributed by atoms with Crippen LogP contribution in [0.25, 0.3) is 0 Å². The lowest BCUT2D eigenvalue weighted by Gasteiger charge is -2.33. The van der Waals surface area contributed by atoms with Gasteiger partial charge >= 0.3 is 0 Å². The summed E-state index contributed by atoms with van der Waals surface area (Å²) in [7, 11) is -3.45. The van der Waals surface area contributed by atoms with Gasteiger partial charge in [0.15, 0.2) is 21.3 Å². The van der Waals surface area contributed by atoms with Gasteiger partial charge in [-0.25, -0.2) is 18.4 Å². The summed E-state index contributed by atoms with van der Waals surface area (Å²) in [5.41, 5.74) is 6.09. The molecule has 1 saturated carbocycles. The quantitative estimate of drug-likeness (QED) is 0.524. The number of hydrogen-bond acceptors (Lipinski definition) is 7. The highest BCUT2D eigenvalue weighted by Gasteiger charge is 2.28. The number of amides is 1. The zero-order valence-electron chi connectivity index (χ0n) is 18.3. The van der Waals surface area contributed by atoms with Crippen LogP contribution in [-0.2, 0) is 16.3 Å². The Hall–Kier alpha value is -2.23. The first-order valence-electron chi connectivity index (χ1n) is 10.6. The molecule has 1 aliphatic rings. The number of aryl methyl sites for hydroxylation is 1. The van der Waals surface area contributed by atoms with Crippen molar-refractivity contribution in [1.82, 2.24) is 9.97 Å². The minimum atomic E-state index is -3.45. The number of sulfone groups is 1. The number of nitrogens with one attached hydrogen (secondary N) is 1. The van der Waals surface area contributed by atoms with Crippen LogP contribution >= 0.6 is 11.6 Å². The van der Waals surface area contributed by atoms with Crippen molar-refractivity contribution in [2.45, 2.75) is 62.4 Å². The molecule has 1 heterocycles. The van der Waals surface area contributed by atoms with Crippen LogP contribution in [0, 0.1) is 5.92 Å². The van der Waals surface area contributed by atoms with Crippen molar-refractivity contribution < 1.29 is 18.3 Å². The molecule has 1 aromatic carbocycles. The van der Waals surface area contributed by atoms with Crippen LogP contribution in [0.3, 0.4) is 0 Å². The Morgan fingerprint density at radius 2 is 2.03 bits per heavy atom. The van der Waals surface area contributed by atoms with Crippen molar-refractivity contribution in [2.24, 2.45) is 11.7 Å². The fourth-order valence-corrected chi connectivity index (χ4v) is 5.32. The summed E-state index contributed by atoms with van der Waals surface area (Å²) < 4.78 is 23.5. The highest BCUT2D eigenvalue weighted by atomic mass is 35.5. The van der Waals surface area contributed by atoms with Gasteiger partial charge < -0.3 is 16.2 Å². The maximum atomic E-state index is 11.8. The molecular weight excluding hydrogens is 452 g/mol. The molecule has 2 aromatic rings. The van der Waals surface area contributed by atoms with E-state index in [1.54, 1.807) is 12.3 Å². The molecule has 0 radical (unpaired) electrons. The fourth-order valence-electron chi connectivity index (χ4n) is 3.99. The smallest absolute Gasteiger partial charge is 0.271 e. The van der Waals surface area contributed by atoms with Crippen molar-refractivity contribution >= 4 is 38.9 Å². The Morgan fingerprint density at radius 1 is 1.34 bits per heavy atom. The maximum absolute atomic E-state index is 11.8. The molecule has 8 nitrogen and oxygen atoms in total. The molecule has 32 heavy (non-hydrogen) atoms. The minimum Gasteiger partial charge on any atom is -0.390 e. The molecule has 4 N–H and O–H groups in total. The third-order valence-electron chi connectivity index (χ3n) is 5.88. The monoisotopic (exact) mass is 480 g/mol. The number of halogens is 1. The van der Waals surface area contributed by atoms with E-state index in [1.807, 2.05) is 6.92 Å². The number of nitrogens with two attached hydrogens (primary N) is 1. The van der Waals surface area contributed by atoms with Crippen LogP contribution in [0.4, 0.5) is 11.5 Å². The van der Waals surface area contributed by atoms with Gasteiger partial charge in [-0.05, 0) is 69.6 Å². The van der Waals surface area contributed by atoms with E-state index >= 15 is 0 Å². The van der Waals surface area contributed by atoms with Crippen LogP contribution in [0.1, 0.15) is 61.6 Å². The molecule has 0 saturated heterocycles. The molecule has 0 aliphatic heterocycles. The standard InChI is InChI=1S/C22H29ClN4O4S/c1-22(29)10-8-14(9-11-22)4-3-5-16-13-25-19(20(24)28)21(27-16)26-15-6-7-18(17(23)12-15)32(2,30)31/h6-7,12-14,29H,3-5,8-11H2,1-2H3,(H2,24,28)(H,26,27)/t14-,22-. The Balaban J connectivity index is 1.70. The normalized spacial score (nSPS) is 21.3. The summed E-state index contributed by atoms with van der Waals surface area (Å²) >= 11 is 6.11. The Labute approximate surface area is 193 Å². The lowest BCUT2D eigenvalue weighted by atomic mass is 9.78. The topological polar surface area (TPSA) is 135 Å². The van der Waals surface area contributed by atoms with E-state index < -0.39 is 21.3 Å². The molecule has 1 fully saturated rings. The van der Waals surface area contributed by atoms with Crippen molar-refractivity contribution in [3.05, 3.63) is 40.8 Å². The number of carbonyl (C=O) groups is 1. The first-order chi connectivity index (χ1) is 14.9. The van der Waals surface area contributed by atoms with Crippen molar-refractivity contribution in [3.8, 4) is 0 Å². The molecular formula is C22H29ClN4O4S. The summed E-state index contributed by atoms with van der Waals surface area (Å²) in [6, 6.07) is 4.39. The fraction of sp³-hybridized carbons (Fsp3) is 0.500. The number of carbonyl (C=O) groups excluding carboxylic acids is 1. The first kappa shape index (κ1) is 24.4. The van der Waals surface area contributed by atoms with Crippen molar-refractivity contribution in [1.29, 1.82) is 0 Å². The largest absolute Gasteiger partial charge is 0.390 e. The minimum absolute atomic E-state index is 0.00780. The number of anilines is 2. The molecule has 174 valence electrons. The summed E-state index contributed by atoms with van der Waals surface area (Å²) in [6.45, 7) is 1.90. The summed E-state index contributed by atoms with van der Waals surface area (Å²) in [6.07, 6.45) is 9.01. The number of rotatable bonds is 8. The molecule has 1 aliphatic carbocycles. The van der Waals surface area contributed by atoms with E-state index in [4.69, 9.17) is 17.3 Å². The molecule has 0 unspecified atom stereocenters. The van der Waals surface area contributed by atoms with E-state index in [9.17, 15) is 18.3 Å². The van der Waals surface area contributed by atoms with Gasteiger partial charge in [0.1, 0.15) is 0 Å². The highest BCUT2D eigenvalue weighted by molar-refractivity contribution is 7.90. The van der Waals surface area contributed by atoms with Gasteiger partial charge in [-0.15, -0.1) is 0 Å². The second-order valence-electron chi connectivity index (χ2n) is 8.80. The zero-order valence-corrected chi connectivity index (χ0v) is 19.8. The SMILES string of the molecule is CS(=O)(=O)c1ccc(Nc2nc(CCC[C@H]3CC[C@](C)(O)CC3)cnc2C(N)=O)cc1Cl. The molecule has 0 atom stereocenters.